The Morgan fingerprint density at radius 2 is 2.21 bits per heavy atom. The number of rotatable bonds is 4. The molecule has 0 fully saturated rings. The fourth-order valence-electron chi connectivity index (χ4n) is 1.56. The molecular weight excluding hydrogens is 286 g/mol. The van der Waals surface area contributed by atoms with Gasteiger partial charge in [0.15, 0.2) is 0 Å². The molecule has 0 saturated carbocycles. The molecule has 0 aliphatic rings. The van der Waals surface area contributed by atoms with Crippen LogP contribution in [0.4, 0.5) is 5.82 Å². The maximum Gasteiger partial charge on any atom is 0.339 e. The fourth-order valence-corrected chi connectivity index (χ4v) is 2.51. The molecule has 0 aromatic carbocycles. The molecule has 2 rings (SSSR count). The minimum Gasteiger partial charge on any atom is -0.478 e. The number of nitrogens with zero attached hydrogens (tertiary/aromatic N) is 2. The number of hydrogen-bond donors (Lipinski definition) is 2. The summed E-state index contributed by atoms with van der Waals surface area (Å²) < 4.78 is 0. The maximum atomic E-state index is 11.1. The van der Waals surface area contributed by atoms with Gasteiger partial charge in [0.25, 0.3) is 0 Å². The first-order chi connectivity index (χ1) is 8.97. The largest absolute Gasteiger partial charge is 0.478 e. The summed E-state index contributed by atoms with van der Waals surface area (Å²) in [6.45, 7) is 3.81. The van der Waals surface area contributed by atoms with Gasteiger partial charge in [-0.15, -0.1) is 11.3 Å². The average Bonchev–Trinajstić information content (AvgIpc) is 2.75. The quantitative estimate of drug-likeness (QED) is 0.846. The Morgan fingerprint density at radius 3 is 2.79 bits per heavy atom. The smallest absolute Gasteiger partial charge is 0.339 e. The summed E-state index contributed by atoms with van der Waals surface area (Å²) in [5.74, 6) is -0.797. The number of hydrogen-bond acceptors (Lipinski definition) is 5. The number of aromatic nitrogens is 2. The number of carbonyl (C=O) groups is 1. The van der Waals surface area contributed by atoms with Crippen molar-refractivity contribution in [1.29, 1.82) is 0 Å². The van der Waals surface area contributed by atoms with Crippen LogP contribution in [0.5, 0.6) is 0 Å². The van der Waals surface area contributed by atoms with Gasteiger partial charge in [0, 0.05) is 11.1 Å². The van der Waals surface area contributed by atoms with Crippen LogP contribution in [-0.2, 0) is 0 Å². The van der Waals surface area contributed by atoms with Crippen LogP contribution in [-0.4, -0.2) is 21.0 Å². The summed E-state index contributed by atoms with van der Waals surface area (Å²) in [5.41, 5.74) is 1.02. The average molecular weight is 298 g/mol. The van der Waals surface area contributed by atoms with Crippen molar-refractivity contribution in [2.24, 2.45) is 0 Å². The molecule has 5 nitrogen and oxygen atoms in total. The molecule has 2 aromatic heterocycles. The van der Waals surface area contributed by atoms with E-state index < -0.39 is 5.97 Å². The Hall–Kier alpha value is -1.66. The lowest BCUT2D eigenvalue weighted by Crippen LogP contribution is -2.12. The fraction of sp³-hybridized carbons (Fsp3) is 0.250. The van der Waals surface area contributed by atoms with E-state index in [9.17, 15) is 4.79 Å². The summed E-state index contributed by atoms with van der Waals surface area (Å²) >= 11 is 7.31. The molecule has 2 aromatic rings. The third-order valence-electron chi connectivity index (χ3n) is 2.45. The van der Waals surface area contributed by atoms with E-state index in [2.05, 4.69) is 15.3 Å². The van der Waals surface area contributed by atoms with Crippen LogP contribution in [0.1, 0.15) is 34.0 Å². The summed E-state index contributed by atoms with van der Waals surface area (Å²) in [4.78, 5) is 19.5. The van der Waals surface area contributed by atoms with Gasteiger partial charge >= 0.3 is 5.97 Å². The molecule has 0 spiro atoms. The minimum absolute atomic E-state index is 0.0875. The molecule has 0 aliphatic heterocycles. The highest BCUT2D eigenvalue weighted by Gasteiger charge is 2.16. The van der Waals surface area contributed by atoms with Gasteiger partial charge in [-0.2, -0.15) is 0 Å². The molecule has 2 N–H and O–H groups in total. The van der Waals surface area contributed by atoms with E-state index in [1.54, 1.807) is 0 Å². The van der Waals surface area contributed by atoms with Crippen molar-refractivity contribution in [3.8, 4) is 0 Å². The second-order valence-electron chi connectivity index (χ2n) is 4.03. The van der Waals surface area contributed by atoms with Crippen molar-refractivity contribution in [3.63, 3.8) is 0 Å². The van der Waals surface area contributed by atoms with Crippen LogP contribution in [0, 0.1) is 6.92 Å². The second-order valence-corrected chi connectivity index (χ2v) is 5.31. The normalized spacial score (nSPS) is 12.2. The van der Waals surface area contributed by atoms with Crippen molar-refractivity contribution >= 4 is 34.7 Å². The zero-order chi connectivity index (χ0) is 14.0. The molecule has 0 bridgehead atoms. The van der Waals surface area contributed by atoms with Crippen molar-refractivity contribution in [2.45, 2.75) is 19.9 Å². The van der Waals surface area contributed by atoms with E-state index >= 15 is 0 Å². The Bertz CT molecular complexity index is 615. The number of anilines is 1. The van der Waals surface area contributed by atoms with Gasteiger partial charge in [0.1, 0.15) is 21.5 Å². The number of pyridine rings is 1. The molecule has 1 atom stereocenters. The Balaban J connectivity index is 2.27. The van der Waals surface area contributed by atoms with E-state index in [1.165, 1.54) is 23.5 Å². The Labute approximate surface area is 119 Å². The number of halogens is 1. The summed E-state index contributed by atoms with van der Waals surface area (Å²) in [6.07, 6.45) is 0. The molecule has 19 heavy (non-hydrogen) atoms. The molecule has 0 saturated heterocycles. The predicted molar refractivity (Wildman–Crippen MR) is 75.1 cm³/mol. The van der Waals surface area contributed by atoms with E-state index in [0.29, 0.717) is 0 Å². The number of carboxylic acids is 1. The number of nitrogens with one attached hydrogen (secondary N) is 1. The first kappa shape index (κ1) is 13.8. The van der Waals surface area contributed by atoms with Gasteiger partial charge in [-0.1, -0.05) is 11.6 Å². The molecule has 7 heteroatoms. The lowest BCUT2D eigenvalue weighted by molar-refractivity contribution is 0.0697. The highest BCUT2D eigenvalue weighted by atomic mass is 35.5. The molecule has 1 unspecified atom stereocenters. The van der Waals surface area contributed by atoms with Gasteiger partial charge in [-0.25, -0.2) is 14.8 Å². The van der Waals surface area contributed by atoms with Gasteiger partial charge < -0.3 is 10.4 Å². The molecule has 2 heterocycles. The minimum atomic E-state index is -1.05. The molecular formula is C12H12ClN3O2S. The van der Waals surface area contributed by atoms with Crippen LogP contribution in [0.3, 0.4) is 0 Å². The van der Waals surface area contributed by atoms with Gasteiger partial charge in [0.05, 0.1) is 6.04 Å². The SMILES string of the molecule is Cc1csc(C(C)Nc2nc(Cl)ccc2C(=O)O)n1. The number of carboxylic acid groups (broad SMARTS) is 1. The van der Waals surface area contributed by atoms with Crippen LogP contribution in [0.25, 0.3) is 0 Å². The van der Waals surface area contributed by atoms with Crippen LogP contribution < -0.4 is 5.32 Å². The second kappa shape index (κ2) is 5.54. The predicted octanol–water partition coefficient (Wildman–Crippen LogP) is 3.37. The zero-order valence-electron chi connectivity index (χ0n) is 10.3. The van der Waals surface area contributed by atoms with Crippen molar-refractivity contribution in [2.75, 3.05) is 5.32 Å². The molecule has 0 aliphatic carbocycles. The third-order valence-corrected chi connectivity index (χ3v) is 3.81. The third kappa shape index (κ3) is 3.21. The van der Waals surface area contributed by atoms with Crippen molar-refractivity contribution in [3.05, 3.63) is 38.9 Å². The number of thiazole rings is 1. The zero-order valence-corrected chi connectivity index (χ0v) is 11.9. The monoisotopic (exact) mass is 297 g/mol. The highest BCUT2D eigenvalue weighted by Crippen LogP contribution is 2.24. The van der Waals surface area contributed by atoms with E-state index in [0.717, 1.165) is 10.7 Å². The van der Waals surface area contributed by atoms with Crippen LogP contribution in [0.2, 0.25) is 5.15 Å². The first-order valence-electron chi connectivity index (χ1n) is 5.56. The number of aryl methyl sites for hydroxylation is 1. The molecule has 100 valence electrons. The maximum absolute atomic E-state index is 11.1. The summed E-state index contributed by atoms with van der Waals surface area (Å²) in [6, 6.07) is 2.75. The lowest BCUT2D eigenvalue weighted by atomic mass is 10.2. The van der Waals surface area contributed by atoms with Crippen LogP contribution >= 0.6 is 22.9 Å². The first-order valence-corrected chi connectivity index (χ1v) is 6.81. The standard InChI is InChI=1S/C12H12ClN3O2S/c1-6-5-19-11(14-6)7(2)15-10-8(12(17)18)3-4-9(13)16-10/h3-5,7H,1-2H3,(H,15,16)(H,17,18). The Kier molecular flexibility index (Phi) is 4.01. The van der Waals surface area contributed by atoms with Crippen molar-refractivity contribution < 1.29 is 9.90 Å². The van der Waals surface area contributed by atoms with Crippen molar-refractivity contribution in [1.82, 2.24) is 9.97 Å². The highest BCUT2D eigenvalue weighted by molar-refractivity contribution is 7.09. The van der Waals surface area contributed by atoms with Crippen LogP contribution in [0.15, 0.2) is 17.5 Å². The Morgan fingerprint density at radius 1 is 1.47 bits per heavy atom. The topological polar surface area (TPSA) is 75.1 Å². The molecule has 0 amide bonds. The summed E-state index contributed by atoms with van der Waals surface area (Å²) in [7, 11) is 0. The lowest BCUT2D eigenvalue weighted by Gasteiger charge is -2.14. The molecule has 0 radical (unpaired) electrons. The van der Waals surface area contributed by atoms with E-state index in [1.807, 2.05) is 19.2 Å². The number of aromatic carboxylic acids is 1. The van der Waals surface area contributed by atoms with Gasteiger partial charge in [0.2, 0.25) is 0 Å². The van der Waals surface area contributed by atoms with Gasteiger partial charge in [-0.05, 0) is 26.0 Å². The summed E-state index contributed by atoms with van der Waals surface area (Å²) in [5, 5.41) is 15.2. The van der Waals surface area contributed by atoms with Gasteiger partial charge in [-0.3, -0.25) is 0 Å². The van der Waals surface area contributed by atoms with E-state index in [-0.39, 0.29) is 22.6 Å². The van der Waals surface area contributed by atoms with E-state index in [4.69, 9.17) is 16.7 Å².